The average molecular weight is 502 g/mol. The molecule has 0 aliphatic carbocycles. The number of halogens is 3. The third-order valence-corrected chi connectivity index (χ3v) is 5.48. The van der Waals surface area contributed by atoms with E-state index in [1.54, 1.807) is 23.5 Å². The first-order valence-electron chi connectivity index (χ1n) is 10.9. The maximum absolute atomic E-state index is 13.6. The maximum atomic E-state index is 13.6. The Morgan fingerprint density at radius 2 is 1.92 bits per heavy atom. The van der Waals surface area contributed by atoms with Crippen LogP contribution in [-0.4, -0.2) is 59.8 Å². The Labute approximate surface area is 204 Å². The van der Waals surface area contributed by atoms with Crippen LogP contribution in [0.15, 0.2) is 43.0 Å². The highest BCUT2D eigenvalue weighted by molar-refractivity contribution is 6.08. The molecule has 2 N–H and O–H groups in total. The second-order valence-corrected chi connectivity index (χ2v) is 8.06. The van der Waals surface area contributed by atoms with Gasteiger partial charge in [-0.2, -0.15) is 18.3 Å². The van der Waals surface area contributed by atoms with E-state index >= 15 is 0 Å². The largest absolute Gasteiger partial charge is 0.490 e. The number of fused-ring (bicyclic) bond motifs is 1. The van der Waals surface area contributed by atoms with E-state index in [1.165, 1.54) is 0 Å². The minimum atomic E-state index is -5.08. The molecule has 12 heteroatoms. The van der Waals surface area contributed by atoms with Gasteiger partial charge in [-0.1, -0.05) is 11.6 Å². The Bertz CT molecular complexity index is 1380. The summed E-state index contributed by atoms with van der Waals surface area (Å²) in [5.41, 5.74) is 5.04. The quantitative estimate of drug-likeness (QED) is 0.419. The van der Waals surface area contributed by atoms with Crippen molar-refractivity contribution in [1.29, 1.82) is 0 Å². The molecule has 1 aromatic carbocycles. The number of hydrogen-bond acceptors (Lipinski definition) is 5. The Kier molecular flexibility index (Phi) is 7.76. The topological polar surface area (TPSA) is 117 Å². The summed E-state index contributed by atoms with van der Waals surface area (Å²) in [5, 5.41) is 14.9. The van der Waals surface area contributed by atoms with E-state index < -0.39 is 12.1 Å². The molecule has 4 aromatic rings. The lowest BCUT2D eigenvalue weighted by Gasteiger charge is -2.21. The van der Waals surface area contributed by atoms with Gasteiger partial charge in [-0.25, -0.2) is 14.8 Å². The van der Waals surface area contributed by atoms with Crippen LogP contribution in [0.25, 0.3) is 22.2 Å². The van der Waals surface area contributed by atoms with Crippen LogP contribution in [-0.2, 0) is 17.9 Å². The molecule has 3 aromatic heterocycles. The molecule has 3 heterocycles. The number of aryl methyl sites for hydroxylation is 2. The van der Waals surface area contributed by atoms with Crippen molar-refractivity contribution in [2.75, 3.05) is 7.05 Å². The van der Waals surface area contributed by atoms with Crippen LogP contribution in [0.1, 0.15) is 34.2 Å². The molecule has 0 unspecified atom stereocenters. The smallest absolute Gasteiger partial charge is 0.475 e. The van der Waals surface area contributed by atoms with Gasteiger partial charge >= 0.3 is 12.1 Å². The second kappa shape index (κ2) is 10.6. The Balaban J connectivity index is 0.000000454. The van der Waals surface area contributed by atoms with Crippen molar-refractivity contribution >= 4 is 22.8 Å². The summed E-state index contributed by atoms with van der Waals surface area (Å²) in [6, 6.07) is 6.01. The number of pyridine rings is 1. The van der Waals surface area contributed by atoms with Gasteiger partial charge < -0.3 is 14.6 Å². The Morgan fingerprint density at radius 3 is 2.50 bits per heavy atom. The second-order valence-electron chi connectivity index (χ2n) is 8.06. The van der Waals surface area contributed by atoms with E-state index in [2.05, 4.69) is 22.1 Å². The number of carboxylic acids is 1. The van der Waals surface area contributed by atoms with Gasteiger partial charge in [0.15, 0.2) is 0 Å². The third-order valence-electron chi connectivity index (χ3n) is 5.48. The van der Waals surface area contributed by atoms with E-state index in [4.69, 9.17) is 14.9 Å². The minimum Gasteiger partial charge on any atom is -0.475 e. The minimum absolute atomic E-state index is 0.0455. The van der Waals surface area contributed by atoms with Crippen LogP contribution in [0.4, 0.5) is 13.2 Å². The predicted molar refractivity (Wildman–Crippen MR) is 126 cm³/mol. The fourth-order valence-corrected chi connectivity index (χ4v) is 3.66. The van der Waals surface area contributed by atoms with Crippen molar-refractivity contribution in [3.05, 3.63) is 65.5 Å². The number of hydrogen-bond donors (Lipinski definition) is 2. The summed E-state index contributed by atoms with van der Waals surface area (Å²) in [6.07, 6.45) is 2.14. The highest BCUT2D eigenvalue weighted by Gasteiger charge is 2.38. The average Bonchev–Trinajstić information content (AvgIpc) is 3.50. The number of carboxylic acid groups (broad SMARTS) is 1. The molecule has 0 fully saturated rings. The van der Waals surface area contributed by atoms with Gasteiger partial charge in [0.25, 0.3) is 5.91 Å². The first-order chi connectivity index (χ1) is 16.9. The summed E-state index contributed by atoms with van der Waals surface area (Å²) in [6.45, 7) is 7.29. The number of nitrogens with zero attached hydrogens (tertiary/aromatic N) is 5. The molecular formula is C24H25F3N6O3. The lowest BCUT2D eigenvalue weighted by atomic mass is 9.97. The zero-order valence-electron chi connectivity index (χ0n) is 20.1. The number of rotatable bonds is 5. The van der Waals surface area contributed by atoms with Crippen molar-refractivity contribution in [2.24, 2.45) is 0 Å². The van der Waals surface area contributed by atoms with Gasteiger partial charge in [-0.05, 0) is 38.5 Å². The van der Waals surface area contributed by atoms with Gasteiger partial charge in [0.05, 0.1) is 29.5 Å². The van der Waals surface area contributed by atoms with E-state index in [9.17, 15) is 18.0 Å². The fraction of sp³-hybridized carbons (Fsp3) is 0.292. The van der Waals surface area contributed by atoms with E-state index in [1.807, 2.05) is 49.9 Å². The van der Waals surface area contributed by atoms with Crippen LogP contribution in [0.2, 0.25) is 0 Å². The first-order valence-corrected chi connectivity index (χ1v) is 10.9. The van der Waals surface area contributed by atoms with Gasteiger partial charge in [0, 0.05) is 43.1 Å². The van der Waals surface area contributed by atoms with Crippen molar-refractivity contribution < 1.29 is 27.9 Å². The summed E-state index contributed by atoms with van der Waals surface area (Å²) in [4.78, 5) is 33.4. The summed E-state index contributed by atoms with van der Waals surface area (Å²) < 4.78 is 33.8. The van der Waals surface area contributed by atoms with Crippen LogP contribution in [0.5, 0.6) is 0 Å². The number of alkyl halides is 3. The molecule has 0 radical (unpaired) electrons. The molecule has 190 valence electrons. The number of amides is 1. The zero-order valence-corrected chi connectivity index (χ0v) is 20.1. The Hall–Kier alpha value is -4.22. The van der Waals surface area contributed by atoms with Gasteiger partial charge in [0.1, 0.15) is 5.82 Å². The van der Waals surface area contributed by atoms with Gasteiger partial charge in [-0.3, -0.25) is 9.89 Å². The molecule has 4 rings (SSSR count). The normalized spacial score (nSPS) is 11.2. The third kappa shape index (κ3) is 5.70. The number of carbonyl (C=O) groups is 2. The highest BCUT2D eigenvalue weighted by Crippen LogP contribution is 2.30. The number of aromatic nitrogens is 5. The summed E-state index contributed by atoms with van der Waals surface area (Å²) in [7, 11) is 1.82. The molecule has 0 saturated carbocycles. The van der Waals surface area contributed by atoms with Crippen LogP contribution >= 0.6 is 0 Å². The van der Waals surface area contributed by atoms with Crippen molar-refractivity contribution in [2.45, 2.75) is 40.0 Å². The Morgan fingerprint density at radius 1 is 1.22 bits per heavy atom. The van der Waals surface area contributed by atoms with Crippen LogP contribution < -0.4 is 0 Å². The van der Waals surface area contributed by atoms with Crippen LogP contribution in [0, 0.1) is 13.8 Å². The number of H-pyrrole nitrogens is 1. The molecule has 0 aliphatic heterocycles. The summed E-state index contributed by atoms with van der Waals surface area (Å²) >= 11 is 0. The molecule has 1 amide bonds. The van der Waals surface area contributed by atoms with Crippen LogP contribution in [0.3, 0.4) is 0 Å². The molecule has 36 heavy (non-hydrogen) atoms. The van der Waals surface area contributed by atoms with E-state index in [0.29, 0.717) is 12.1 Å². The number of benzene rings is 1. The SMILES string of the molecule is CCn1ccnc1CN(C)C(=O)c1c(C)c(-c2cn[nH]c2)nc2ccc(C)cc12.O=C(O)C(F)(F)F. The number of carbonyl (C=O) groups excluding carboxylic acids is 1. The molecule has 0 aliphatic rings. The summed E-state index contributed by atoms with van der Waals surface area (Å²) in [5.74, 6) is -1.94. The monoisotopic (exact) mass is 502 g/mol. The molecule has 0 saturated heterocycles. The van der Waals surface area contributed by atoms with Gasteiger partial charge in [-0.15, -0.1) is 0 Å². The molecule has 0 bridgehead atoms. The predicted octanol–water partition coefficient (Wildman–Crippen LogP) is 4.36. The zero-order chi connectivity index (χ0) is 26.6. The number of aromatic amines is 1. The molecule has 0 spiro atoms. The number of nitrogens with one attached hydrogen (secondary N) is 1. The number of aliphatic carboxylic acids is 1. The number of imidazole rings is 1. The van der Waals surface area contributed by atoms with Crippen molar-refractivity contribution in [1.82, 2.24) is 29.6 Å². The molecular weight excluding hydrogens is 477 g/mol. The maximum Gasteiger partial charge on any atom is 0.490 e. The van der Waals surface area contributed by atoms with E-state index in [-0.39, 0.29) is 5.91 Å². The standard InChI is InChI=1S/C22H24N6O.C2HF3O2/c1-5-28-9-8-23-19(28)13-27(4)22(29)20-15(3)21(16-11-24-25-12-16)26-18-7-6-14(2)10-17(18)20;3-2(4,5)1(6)7/h6-12H,5,13H2,1-4H3,(H,24,25);(H,6,7). The lowest BCUT2D eigenvalue weighted by molar-refractivity contribution is -0.192. The highest BCUT2D eigenvalue weighted by atomic mass is 19.4. The van der Waals surface area contributed by atoms with Crippen molar-refractivity contribution in [3.63, 3.8) is 0 Å². The van der Waals surface area contributed by atoms with Crippen molar-refractivity contribution in [3.8, 4) is 11.3 Å². The van der Waals surface area contributed by atoms with Gasteiger partial charge in [0.2, 0.25) is 0 Å². The van der Waals surface area contributed by atoms with E-state index in [0.717, 1.165) is 45.7 Å². The first kappa shape index (κ1) is 26.4. The molecule has 0 atom stereocenters. The fourth-order valence-electron chi connectivity index (χ4n) is 3.66. The molecule has 9 nitrogen and oxygen atoms in total. The lowest BCUT2D eigenvalue weighted by Crippen LogP contribution is -2.28.